The number of carbonyl (C=O) groups excluding carboxylic acids is 2. The number of phosphoric ester groups is 1. The van der Waals surface area contributed by atoms with Crippen molar-refractivity contribution in [1.82, 2.24) is 0 Å². The molecule has 0 aliphatic rings. The van der Waals surface area contributed by atoms with E-state index in [4.69, 9.17) is 18.5 Å². The van der Waals surface area contributed by atoms with Gasteiger partial charge in [-0.15, -0.1) is 0 Å². The summed E-state index contributed by atoms with van der Waals surface area (Å²) < 4.78 is 32.5. The lowest BCUT2D eigenvalue weighted by Crippen LogP contribution is -2.29. The van der Waals surface area contributed by atoms with E-state index in [1.807, 2.05) is 0 Å². The molecular formula is C38H73O8P. The highest BCUT2D eigenvalue weighted by molar-refractivity contribution is 7.47. The highest BCUT2D eigenvalue weighted by Crippen LogP contribution is 2.43. The van der Waals surface area contributed by atoms with Crippen LogP contribution in [0.15, 0.2) is 12.2 Å². The molecule has 0 aliphatic heterocycles. The zero-order chi connectivity index (χ0) is 34.7. The van der Waals surface area contributed by atoms with Gasteiger partial charge in [-0.2, -0.15) is 0 Å². The van der Waals surface area contributed by atoms with Crippen LogP contribution in [0.2, 0.25) is 0 Å². The molecule has 9 heteroatoms. The van der Waals surface area contributed by atoms with Gasteiger partial charge in [0.25, 0.3) is 0 Å². The molecule has 2 unspecified atom stereocenters. The summed E-state index contributed by atoms with van der Waals surface area (Å²) in [6.45, 7) is 5.46. The number of unbranched alkanes of at least 4 members (excludes halogenated alkanes) is 22. The van der Waals surface area contributed by atoms with Gasteiger partial charge in [-0.3, -0.25) is 18.6 Å². The molecule has 0 bridgehead atoms. The van der Waals surface area contributed by atoms with Gasteiger partial charge in [0.2, 0.25) is 0 Å². The van der Waals surface area contributed by atoms with Crippen molar-refractivity contribution in [1.29, 1.82) is 0 Å². The minimum atomic E-state index is -4.27. The van der Waals surface area contributed by atoms with E-state index < -0.39 is 26.5 Å². The minimum absolute atomic E-state index is 0.00170. The molecule has 0 saturated heterocycles. The lowest BCUT2D eigenvalue weighted by atomic mass is 10.1. The van der Waals surface area contributed by atoms with E-state index >= 15 is 0 Å². The molecule has 0 amide bonds. The summed E-state index contributed by atoms with van der Waals surface area (Å²) in [6, 6.07) is 0. The number of hydrogen-bond acceptors (Lipinski definition) is 7. The van der Waals surface area contributed by atoms with Crippen molar-refractivity contribution >= 4 is 19.8 Å². The quantitative estimate of drug-likeness (QED) is 0.0300. The van der Waals surface area contributed by atoms with Gasteiger partial charge in [0.05, 0.1) is 13.2 Å². The second kappa shape index (κ2) is 34.6. The molecule has 0 aromatic carbocycles. The third kappa shape index (κ3) is 34.5. The molecule has 0 spiro atoms. The predicted octanol–water partition coefficient (Wildman–Crippen LogP) is 11.7. The monoisotopic (exact) mass is 689 g/mol. The highest BCUT2D eigenvalue weighted by atomic mass is 31.2. The molecule has 0 rings (SSSR count). The van der Waals surface area contributed by atoms with Gasteiger partial charge in [0, 0.05) is 12.8 Å². The van der Waals surface area contributed by atoms with Crippen molar-refractivity contribution in [2.45, 2.75) is 200 Å². The van der Waals surface area contributed by atoms with Gasteiger partial charge < -0.3 is 14.4 Å². The van der Waals surface area contributed by atoms with Gasteiger partial charge >= 0.3 is 19.8 Å². The lowest BCUT2D eigenvalue weighted by molar-refractivity contribution is -0.161. The highest BCUT2D eigenvalue weighted by Gasteiger charge is 2.25. The zero-order valence-corrected chi connectivity index (χ0v) is 31.6. The number of carbonyl (C=O) groups is 2. The van der Waals surface area contributed by atoms with Crippen molar-refractivity contribution < 1.29 is 37.6 Å². The molecule has 47 heavy (non-hydrogen) atoms. The Hall–Kier alpha value is -1.21. The zero-order valence-electron chi connectivity index (χ0n) is 30.7. The van der Waals surface area contributed by atoms with Crippen LogP contribution in [0.4, 0.5) is 0 Å². The van der Waals surface area contributed by atoms with Crippen LogP contribution in [0.3, 0.4) is 0 Å². The van der Waals surface area contributed by atoms with E-state index in [9.17, 15) is 19.0 Å². The molecule has 0 aliphatic carbocycles. The second-order valence-corrected chi connectivity index (χ2v) is 14.4. The Morgan fingerprint density at radius 2 is 0.957 bits per heavy atom. The van der Waals surface area contributed by atoms with Gasteiger partial charge in [-0.05, 0) is 45.4 Å². The Morgan fingerprint density at radius 1 is 0.553 bits per heavy atom. The Bertz CT molecular complexity index is 788. The number of phosphoric acid groups is 1. The van der Waals surface area contributed by atoms with Crippen LogP contribution in [0.1, 0.15) is 194 Å². The van der Waals surface area contributed by atoms with E-state index in [1.165, 1.54) is 103 Å². The molecule has 0 heterocycles. The Kier molecular flexibility index (Phi) is 33.8. The summed E-state index contributed by atoms with van der Waals surface area (Å²) in [5, 5.41) is 0. The predicted molar refractivity (Wildman–Crippen MR) is 193 cm³/mol. The standard InChI is InChI=1S/C38H73O8P/c1-4-7-9-11-13-15-17-18-19-20-21-23-25-27-29-31-33-38(40)46-36(35-45-47(41,42)44-6-3)34-43-37(39)32-30-28-26-24-22-16-14-12-10-8-5-2/h19-20,36H,4-18,21-35H2,1-3H3,(H,41,42)/b20-19-. The smallest absolute Gasteiger partial charge is 0.462 e. The Balaban J connectivity index is 4.13. The van der Waals surface area contributed by atoms with Crippen LogP contribution >= 0.6 is 7.82 Å². The van der Waals surface area contributed by atoms with Gasteiger partial charge in [-0.25, -0.2) is 4.57 Å². The number of hydrogen-bond donors (Lipinski definition) is 1. The topological polar surface area (TPSA) is 108 Å². The molecule has 8 nitrogen and oxygen atoms in total. The van der Waals surface area contributed by atoms with Gasteiger partial charge in [0.1, 0.15) is 6.61 Å². The third-order valence-corrected chi connectivity index (χ3v) is 9.38. The molecule has 0 fully saturated rings. The average molecular weight is 689 g/mol. The van der Waals surface area contributed by atoms with Crippen molar-refractivity contribution in [3.8, 4) is 0 Å². The SMILES string of the molecule is CCCCCCCCC/C=C\CCCCCCCC(=O)OC(COC(=O)CCCCCCCCCCCCC)COP(=O)(O)OCC. The van der Waals surface area contributed by atoms with Crippen molar-refractivity contribution in [2.75, 3.05) is 19.8 Å². The fraction of sp³-hybridized carbons (Fsp3) is 0.895. The molecule has 1 N–H and O–H groups in total. The molecule has 0 aromatic rings. The molecular weight excluding hydrogens is 615 g/mol. The summed E-state index contributed by atoms with van der Waals surface area (Å²) >= 11 is 0. The Morgan fingerprint density at radius 3 is 1.40 bits per heavy atom. The third-order valence-electron chi connectivity index (χ3n) is 8.32. The fourth-order valence-electron chi connectivity index (χ4n) is 5.45. The number of esters is 2. The van der Waals surface area contributed by atoms with Crippen LogP contribution in [0.25, 0.3) is 0 Å². The van der Waals surface area contributed by atoms with E-state index in [-0.39, 0.29) is 25.6 Å². The number of allylic oxidation sites excluding steroid dienone is 2. The summed E-state index contributed by atoms with van der Waals surface area (Å²) in [5.74, 6) is -0.802. The summed E-state index contributed by atoms with van der Waals surface area (Å²) in [7, 11) is -4.27. The first-order chi connectivity index (χ1) is 22.8. The summed E-state index contributed by atoms with van der Waals surface area (Å²) in [5.41, 5.74) is 0. The maximum Gasteiger partial charge on any atom is 0.472 e. The summed E-state index contributed by atoms with van der Waals surface area (Å²) in [6.07, 6.45) is 34.0. The molecule has 0 saturated carbocycles. The Labute approximate surface area is 289 Å². The molecule has 0 radical (unpaired) electrons. The van der Waals surface area contributed by atoms with E-state index in [2.05, 4.69) is 26.0 Å². The van der Waals surface area contributed by atoms with Crippen LogP contribution in [-0.4, -0.2) is 42.8 Å². The molecule has 0 aromatic heterocycles. The number of rotatable bonds is 36. The van der Waals surface area contributed by atoms with Crippen LogP contribution in [0, 0.1) is 0 Å². The molecule has 2 atom stereocenters. The van der Waals surface area contributed by atoms with Crippen LogP contribution in [-0.2, 0) is 32.7 Å². The first-order valence-electron chi connectivity index (χ1n) is 19.5. The largest absolute Gasteiger partial charge is 0.472 e. The van der Waals surface area contributed by atoms with E-state index in [1.54, 1.807) is 6.92 Å². The first kappa shape index (κ1) is 45.8. The van der Waals surface area contributed by atoms with Crippen LogP contribution < -0.4 is 0 Å². The summed E-state index contributed by atoms with van der Waals surface area (Å²) in [4.78, 5) is 34.6. The first-order valence-corrected chi connectivity index (χ1v) is 21.0. The van der Waals surface area contributed by atoms with E-state index in [0.717, 1.165) is 51.4 Å². The fourth-order valence-corrected chi connectivity index (χ4v) is 6.20. The number of ether oxygens (including phenoxy) is 2. The second-order valence-electron chi connectivity index (χ2n) is 13.0. The minimum Gasteiger partial charge on any atom is -0.462 e. The molecule has 278 valence electrons. The van der Waals surface area contributed by atoms with Gasteiger partial charge in [-0.1, -0.05) is 148 Å². The maximum atomic E-state index is 12.5. The average Bonchev–Trinajstić information content (AvgIpc) is 3.04. The lowest BCUT2D eigenvalue weighted by Gasteiger charge is -2.19. The van der Waals surface area contributed by atoms with Crippen LogP contribution in [0.5, 0.6) is 0 Å². The van der Waals surface area contributed by atoms with Crippen molar-refractivity contribution in [2.24, 2.45) is 0 Å². The normalized spacial score (nSPS) is 13.5. The van der Waals surface area contributed by atoms with Crippen molar-refractivity contribution in [3.63, 3.8) is 0 Å². The van der Waals surface area contributed by atoms with Gasteiger partial charge in [0.15, 0.2) is 6.10 Å². The van der Waals surface area contributed by atoms with Crippen molar-refractivity contribution in [3.05, 3.63) is 12.2 Å². The van der Waals surface area contributed by atoms with E-state index in [0.29, 0.717) is 12.8 Å². The maximum absolute atomic E-state index is 12.5.